The monoisotopic (exact) mass is 565 g/mol. The Kier molecular flexibility index (Phi) is 7.68. The maximum atomic E-state index is 13.1. The van der Waals surface area contributed by atoms with Gasteiger partial charge in [0.2, 0.25) is 5.88 Å². The van der Waals surface area contributed by atoms with Gasteiger partial charge in [0.1, 0.15) is 17.7 Å². The van der Waals surface area contributed by atoms with Crippen LogP contribution in [0.3, 0.4) is 0 Å². The molecule has 212 valence electrons. The van der Waals surface area contributed by atoms with Crippen molar-refractivity contribution in [3.8, 4) is 23.0 Å². The maximum Gasteiger partial charge on any atom is 0.435 e. The van der Waals surface area contributed by atoms with E-state index < -0.39 is 17.8 Å². The third kappa shape index (κ3) is 6.18. The Morgan fingerprint density at radius 2 is 1.90 bits per heavy atom. The molecule has 0 unspecified atom stereocenters. The molecule has 3 aromatic heterocycles. The summed E-state index contributed by atoms with van der Waals surface area (Å²) in [6.07, 6.45) is 3.33. The number of carbonyl (C=O) groups is 1. The third-order valence-electron chi connectivity index (χ3n) is 6.46. The van der Waals surface area contributed by atoms with Crippen LogP contribution in [0.25, 0.3) is 23.2 Å². The number of esters is 1. The van der Waals surface area contributed by atoms with Gasteiger partial charge in [0, 0.05) is 36.0 Å². The number of halogens is 3. The van der Waals surface area contributed by atoms with E-state index in [1.165, 1.54) is 31.3 Å². The van der Waals surface area contributed by atoms with Gasteiger partial charge in [0.15, 0.2) is 11.5 Å². The molecule has 1 saturated carbocycles. The van der Waals surface area contributed by atoms with Gasteiger partial charge in [-0.25, -0.2) is 29.4 Å². The fourth-order valence-corrected chi connectivity index (χ4v) is 4.23. The number of benzene rings is 1. The zero-order valence-electron chi connectivity index (χ0n) is 22.4. The van der Waals surface area contributed by atoms with Gasteiger partial charge in [0.25, 0.3) is 0 Å². The number of aryl methyl sites for hydroxylation is 1. The van der Waals surface area contributed by atoms with Crippen molar-refractivity contribution in [1.82, 2.24) is 29.7 Å². The molecule has 41 heavy (non-hydrogen) atoms. The average Bonchev–Trinajstić information content (AvgIpc) is 3.74. The van der Waals surface area contributed by atoms with Crippen LogP contribution in [0.4, 0.5) is 19.0 Å². The zero-order chi connectivity index (χ0) is 29.1. The molecular formula is C28H26F3N7O3. The summed E-state index contributed by atoms with van der Waals surface area (Å²) >= 11 is 0. The minimum atomic E-state index is -4.52. The Morgan fingerprint density at radius 1 is 1.15 bits per heavy atom. The van der Waals surface area contributed by atoms with Crippen molar-refractivity contribution in [2.75, 3.05) is 19.5 Å². The number of aromatic nitrogens is 6. The molecule has 1 fully saturated rings. The van der Waals surface area contributed by atoms with Crippen LogP contribution < -0.4 is 10.1 Å². The van der Waals surface area contributed by atoms with Gasteiger partial charge in [-0.15, -0.1) is 0 Å². The first-order chi connectivity index (χ1) is 19.7. The van der Waals surface area contributed by atoms with Crippen LogP contribution >= 0.6 is 0 Å². The molecule has 4 aromatic rings. The minimum absolute atomic E-state index is 0.282. The highest BCUT2D eigenvalue weighted by Crippen LogP contribution is 2.45. The van der Waals surface area contributed by atoms with Crippen LogP contribution in [-0.2, 0) is 22.3 Å². The summed E-state index contributed by atoms with van der Waals surface area (Å²) in [7, 11) is 2.80. The molecule has 1 aliphatic carbocycles. The number of hydrogen-bond donors (Lipinski definition) is 1. The average molecular weight is 566 g/mol. The summed E-state index contributed by atoms with van der Waals surface area (Å²) in [6, 6.07) is 7.94. The number of rotatable bonds is 9. The Bertz CT molecular complexity index is 1600. The lowest BCUT2D eigenvalue weighted by molar-refractivity contribution is -0.141. The van der Waals surface area contributed by atoms with Crippen LogP contribution in [-0.4, -0.2) is 49.9 Å². The smallest absolute Gasteiger partial charge is 0.435 e. The van der Waals surface area contributed by atoms with Crippen molar-refractivity contribution in [1.29, 1.82) is 0 Å². The molecular weight excluding hydrogens is 539 g/mol. The second-order valence-corrected chi connectivity index (χ2v) is 9.37. The lowest BCUT2D eigenvalue weighted by Gasteiger charge is -2.14. The molecule has 3 heterocycles. The van der Waals surface area contributed by atoms with E-state index in [0.717, 1.165) is 30.2 Å². The number of alkyl halides is 3. The number of ether oxygens (including phenoxy) is 2. The molecule has 0 radical (unpaired) electrons. The molecule has 5 rings (SSSR count). The largest absolute Gasteiger partial charge is 0.480 e. The molecule has 0 atom stereocenters. The molecule has 1 N–H and O–H groups in total. The molecule has 1 aromatic carbocycles. The van der Waals surface area contributed by atoms with E-state index in [9.17, 15) is 18.0 Å². The van der Waals surface area contributed by atoms with Gasteiger partial charge in [-0.2, -0.15) is 18.3 Å². The second-order valence-electron chi connectivity index (χ2n) is 9.37. The summed E-state index contributed by atoms with van der Waals surface area (Å²) in [4.78, 5) is 29.7. The first kappa shape index (κ1) is 27.7. The lowest BCUT2D eigenvalue weighted by Crippen LogP contribution is -2.08. The van der Waals surface area contributed by atoms with E-state index in [1.807, 2.05) is 0 Å². The first-order valence-electron chi connectivity index (χ1n) is 12.7. The number of anilines is 1. The number of nitrogens with one attached hydrogen (secondary N) is 1. The Labute approximate surface area is 233 Å². The van der Waals surface area contributed by atoms with Gasteiger partial charge in [0.05, 0.1) is 25.6 Å². The number of carbonyl (C=O) groups excluding carboxylic acids is 1. The van der Waals surface area contributed by atoms with Gasteiger partial charge in [-0.1, -0.05) is 12.1 Å². The van der Waals surface area contributed by atoms with Gasteiger partial charge in [-0.3, -0.25) is 0 Å². The number of methoxy groups -OCH3 is 2. The van der Waals surface area contributed by atoms with Crippen LogP contribution in [0, 0.1) is 6.92 Å². The molecule has 1 aliphatic rings. The molecule has 10 nitrogen and oxygen atoms in total. The Hall–Kier alpha value is -4.81. The summed E-state index contributed by atoms with van der Waals surface area (Å²) < 4.78 is 50.7. The topological polar surface area (TPSA) is 117 Å². The molecule has 0 saturated heterocycles. The maximum absolute atomic E-state index is 13.1. The number of nitrogens with zero attached hydrogens (tertiary/aromatic N) is 6. The predicted octanol–water partition coefficient (Wildman–Crippen LogP) is 5.13. The molecule has 13 heteroatoms. The van der Waals surface area contributed by atoms with Crippen molar-refractivity contribution in [2.24, 2.45) is 0 Å². The lowest BCUT2D eigenvalue weighted by atomic mass is 10.1. The first-order valence-corrected chi connectivity index (χ1v) is 12.7. The van der Waals surface area contributed by atoms with Crippen LogP contribution in [0.5, 0.6) is 5.88 Å². The van der Waals surface area contributed by atoms with Gasteiger partial charge in [-0.05, 0) is 49.6 Å². The summed E-state index contributed by atoms with van der Waals surface area (Å²) in [5.41, 5.74) is 2.71. The van der Waals surface area contributed by atoms with E-state index >= 15 is 0 Å². The highest BCUT2D eigenvalue weighted by atomic mass is 19.4. The van der Waals surface area contributed by atoms with E-state index in [2.05, 4.69) is 25.4 Å². The summed E-state index contributed by atoms with van der Waals surface area (Å²) in [6.45, 7) is 1.88. The summed E-state index contributed by atoms with van der Waals surface area (Å²) in [5, 5.41) is 6.97. The van der Waals surface area contributed by atoms with Crippen molar-refractivity contribution in [3.05, 3.63) is 77.1 Å². The fourth-order valence-electron chi connectivity index (χ4n) is 4.23. The fraction of sp³-hybridized carbons (Fsp3) is 0.286. The van der Waals surface area contributed by atoms with Crippen LogP contribution in [0.15, 0.2) is 48.9 Å². The SMILES string of the molecule is COC(=O)/C=C/c1cnc(-c2c(OC)ncnc2C2CC2)nc1NCc1ccc(-n2nc(C(F)(F)F)cc2C)cc1. The van der Waals surface area contributed by atoms with Crippen molar-refractivity contribution < 1.29 is 27.4 Å². The minimum Gasteiger partial charge on any atom is -0.480 e. The molecule has 0 aliphatic heterocycles. The van der Waals surface area contributed by atoms with E-state index in [-0.39, 0.29) is 5.92 Å². The quantitative estimate of drug-likeness (QED) is 0.218. The number of hydrogen-bond acceptors (Lipinski definition) is 9. The predicted molar refractivity (Wildman–Crippen MR) is 143 cm³/mol. The Morgan fingerprint density at radius 3 is 2.54 bits per heavy atom. The molecule has 0 spiro atoms. The molecule has 0 amide bonds. The summed E-state index contributed by atoms with van der Waals surface area (Å²) in [5.74, 6) is 0.915. The highest BCUT2D eigenvalue weighted by Gasteiger charge is 2.34. The van der Waals surface area contributed by atoms with E-state index in [4.69, 9.17) is 14.5 Å². The van der Waals surface area contributed by atoms with Crippen molar-refractivity contribution in [2.45, 2.75) is 38.4 Å². The normalized spacial score (nSPS) is 13.4. The van der Waals surface area contributed by atoms with Crippen molar-refractivity contribution >= 4 is 17.9 Å². The highest BCUT2D eigenvalue weighted by molar-refractivity contribution is 5.88. The van der Waals surface area contributed by atoms with Gasteiger partial charge >= 0.3 is 12.1 Å². The zero-order valence-corrected chi connectivity index (χ0v) is 22.4. The van der Waals surface area contributed by atoms with Crippen LogP contribution in [0.2, 0.25) is 0 Å². The third-order valence-corrected chi connectivity index (χ3v) is 6.46. The van der Waals surface area contributed by atoms with Gasteiger partial charge < -0.3 is 14.8 Å². The van der Waals surface area contributed by atoms with E-state index in [1.54, 1.807) is 43.5 Å². The van der Waals surface area contributed by atoms with Crippen molar-refractivity contribution in [3.63, 3.8) is 0 Å². The van der Waals surface area contributed by atoms with E-state index in [0.29, 0.717) is 46.6 Å². The van der Waals surface area contributed by atoms with Crippen LogP contribution in [0.1, 0.15) is 47.0 Å². The Balaban J connectivity index is 1.43. The standard InChI is InChI=1S/C28H26F3N7O3/c1-16-12-21(28(29,30)31)37-38(16)20-9-4-17(5-10-20)13-32-25-19(8-11-22(39)40-2)14-33-26(36-25)23-24(18-6-7-18)34-15-35-27(23)41-3/h4-5,8-12,14-15,18H,6-7,13H2,1-3H3,(H,32,33,36)/b11-8+. The second kappa shape index (κ2) is 11.4. The molecule has 0 bridgehead atoms.